The first-order valence-corrected chi connectivity index (χ1v) is 6.64. The standard InChI is InChI=1S/C11H14Br2N2O/c1-2-3-9(14)11(16)15-10-5-4-7(12)6-8(10)13/h4-6,9H,2-3,14H2,1H3,(H,15,16)/t9-/m1/s1. The molecule has 0 bridgehead atoms. The molecule has 3 nitrogen and oxygen atoms in total. The normalized spacial score (nSPS) is 12.2. The van der Waals surface area contributed by atoms with Gasteiger partial charge in [0.1, 0.15) is 0 Å². The summed E-state index contributed by atoms with van der Waals surface area (Å²) >= 11 is 6.73. The molecule has 5 heteroatoms. The molecule has 1 aromatic rings. The Morgan fingerprint density at radius 2 is 2.19 bits per heavy atom. The zero-order valence-corrected chi connectivity index (χ0v) is 12.1. The summed E-state index contributed by atoms with van der Waals surface area (Å²) in [6, 6.07) is 5.12. The minimum atomic E-state index is -0.444. The molecular weight excluding hydrogens is 336 g/mol. The Balaban J connectivity index is 2.69. The van der Waals surface area contributed by atoms with Crippen LogP contribution in [0.2, 0.25) is 0 Å². The number of rotatable bonds is 4. The van der Waals surface area contributed by atoms with Gasteiger partial charge < -0.3 is 11.1 Å². The van der Waals surface area contributed by atoms with Crippen molar-refractivity contribution in [3.8, 4) is 0 Å². The van der Waals surface area contributed by atoms with Crippen molar-refractivity contribution in [2.75, 3.05) is 5.32 Å². The number of anilines is 1. The first kappa shape index (κ1) is 13.7. The second-order valence-corrected chi connectivity index (χ2v) is 5.28. The number of carbonyl (C=O) groups is 1. The molecule has 0 saturated carbocycles. The van der Waals surface area contributed by atoms with E-state index in [4.69, 9.17) is 5.73 Å². The topological polar surface area (TPSA) is 55.1 Å². The summed E-state index contributed by atoms with van der Waals surface area (Å²) in [5.74, 6) is -0.148. The molecule has 1 amide bonds. The van der Waals surface area contributed by atoms with Gasteiger partial charge in [0.25, 0.3) is 0 Å². The molecule has 0 aliphatic carbocycles. The Hall–Kier alpha value is -0.390. The van der Waals surface area contributed by atoms with Crippen molar-refractivity contribution in [3.05, 3.63) is 27.1 Å². The molecule has 0 aromatic heterocycles. The maximum Gasteiger partial charge on any atom is 0.241 e. The molecule has 88 valence electrons. The number of benzene rings is 1. The maximum atomic E-state index is 11.7. The van der Waals surface area contributed by atoms with Crippen molar-refractivity contribution in [2.45, 2.75) is 25.8 Å². The first-order chi connectivity index (χ1) is 7.54. The average molecular weight is 350 g/mol. The minimum absolute atomic E-state index is 0.148. The third kappa shape index (κ3) is 3.88. The van der Waals surface area contributed by atoms with Gasteiger partial charge in [-0.15, -0.1) is 0 Å². The van der Waals surface area contributed by atoms with Crippen molar-refractivity contribution in [2.24, 2.45) is 5.73 Å². The van der Waals surface area contributed by atoms with Gasteiger partial charge >= 0.3 is 0 Å². The highest BCUT2D eigenvalue weighted by Crippen LogP contribution is 2.26. The number of nitrogens with two attached hydrogens (primary N) is 1. The molecule has 16 heavy (non-hydrogen) atoms. The van der Waals surface area contributed by atoms with E-state index in [1.54, 1.807) is 0 Å². The number of nitrogens with one attached hydrogen (secondary N) is 1. The average Bonchev–Trinajstić information content (AvgIpc) is 2.22. The molecule has 0 aliphatic heterocycles. The summed E-state index contributed by atoms with van der Waals surface area (Å²) in [6.07, 6.45) is 1.59. The molecule has 0 spiro atoms. The fourth-order valence-corrected chi connectivity index (χ4v) is 2.40. The van der Waals surface area contributed by atoms with Gasteiger partial charge in [-0.2, -0.15) is 0 Å². The van der Waals surface area contributed by atoms with Crippen LogP contribution in [0.25, 0.3) is 0 Å². The largest absolute Gasteiger partial charge is 0.324 e. The number of hydrogen-bond donors (Lipinski definition) is 2. The second-order valence-electron chi connectivity index (χ2n) is 3.51. The van der Waals surface area contributed by atoms with Crippen molar-refractivity contribution in [1.82, 2.24) is 0 Å². The van der Waals surface area contributed by atoms with Crippen LogP contribution in [0.15, 0.2) is 27.1 Å². The fraction of sp³-hybridized carbons (Fsp3) is 0.364. The number of hydrogen-bond acceptors (Lipinski definition) is 2. The Kier molecular flexibility index (Phi) is 5.44. The van der Waals surface area contributed by atoms with Crippen LogP contribution in [0.5, 0.6) is 0 Å². The molecule has 0 radical (unpaired) electrons. The van der Waals surface area contributed by atoms with Gasteiger partial charge in [-0.25, -0.2) is 0 Å². The predicted octanol–water partition coefficient (Wildman–Crippen LogP) is 3.28. The van der Waals surface area contributed by atoms with Crippen LogP contribution in [0.4, 0.5) is 5.69 Å². The van der Waals surface area contributed by atoms with Crippen molar-refractivity contribution in [3.63, 3.8) is 0 Å². The van der Waals surface area contributed by atoms with Gasteiger partial charge in [0.05, 0.1) is 11.7 Å². The van der Waals surface area contributed by atoms with E-state index in [1.165, 1.54) is 0 Å². The molecule has 0 heterocycles. The van der Waals surface area contributed by atoms with Crippen LogP contribution in [-0.2, 0) is 4.79 Å². The summed E-state index contributed by atoms with van der Waals surface area (Å²) in [5.41, 5.74) is 6.45. The van der Waals surface area contributed by atoms with Gasteiger partial charge in [-0.1, -0.05) is 29.3 Å². The van der Waals surface area contributed by atoms with Crippen molar-refractivity contribution < 1.29 is 4.79 Å². The number of amides is 1. The molecule has 1 atom stereocenters. The highest BCUT2D eigenvalue weighted by atomic mass is 79.9. The molecule has 0 unspecified atom stereocenters. The predicted molar refractivity (Wildman–Crippen MR) is 73.4 cm³/mol. The Morgan fingerprint density at radius 1 is 1.50 bits per heavy atom. The van der Waals surface area contributed by atoms with E-state index in [2.05, 4.69) is 37.2 Å². The smallest absolute Gasteiger partial charge is 0.241 e. The molecule has 0 fully saturated rings. The molecule has 0 aliphatic rings. The van der Waals surface area contributed by atoms with Crippen LogP contribution >= 0.6 is 31.9 Å². The third-order valence-electron chi connectivity index (χ3n) is 2.13. The zero-order chi connectivity index (χ0) is 12.1. The lowest BCUT2D eigenvalue weighted by atomic mass is 10.1. The van der Waals surface area contributed by atoms with E-state index in [0.29, 0.717) is 6.42 Å². The van der Waals surface area contributed by atoms with Gasteiger partial charge in [0, 0.05) is 8.95 Å². The lowest BCUT2D eigenvalue weighted by Crippen LogP contribution is -2.35. The summed E-state index contributed by atoms with van der Waals surface area (Å²) in [4.78, 5) is 11.7. The van der Waals surface area contributed by atoms with Crippen LogP contribution in [0.3, 0.4) is 0 Å². The highest BCUT2D eigenvalue weighted by Gasteiger charge is 2.13. The second kappa shape index (κ2) is 6.37. The van der Waals surface area contributed by atoms with Gasteiger partial charge in [0.15, 0.2) is 0 Å². The number of halogens is 2. The number of carbonyl (C=O) groups excluding carboxylic acids is 1. The Bertz CT molecular complexity index is 382. The van der Waals surface area contributed by atoms with E-state index >= 15 is 0 Å². The lowest BCUT2D eigenvalue weighted by Gasteiger charge is -2.12. The zero-order valence-electron chi connectivity index (χ0n) is 8.97. The van der Waals surface area contributed by atoms with Gasteiger partial charge in [-0.3, -0.25) is 4.79 Å². The van der Waals surface area contributed by atoms with Gasteiger partial charge in [0.2, 0.25) is 5.91 Å². The highest BCUT2D eigenvalue weighted by molar-refractivity contribution is 9.11. The van der Waals surface area contributed by atoms with Crippen LogP contribution in [0.1, 0.15) is 19.8 Å². The lowest BCUT2D eigenvalue weighted by molar-refractivity contribution is -0.117. The van der Waals surface area contributed by atoms with E-state index in [1.807, 2.05) is 25.1 Å². The minimum Gasteiger partial charge on any atom is -0.324 e. The third-order valence-corrected chi connectivity index (χ3v) is 3.27. The molecule has 1 rings (SSSR count). The first-order valence-electron chi connectivity index (χ1n) is 5.06. The quantitative estimate of drug-likeness (QED) is 0.876. The van der Waals surface area contributed by atoms with Crippen LogP contribution in [-0.4, -0.2) is 11.9 Å². The van der Waals surface area contributed by atoms with E-state index in [-0.39, 0.29) is 5.91 Å². The molecule has 3 N–H and O–H groups in total. The van der Waals surface area contributed by atoms with E-state index < -0.39 is 6.04 Å². The van der Waals surface area contributed by atoms with Gasteiger partial charge in [-0.05, 0) is 40.5 Å². The van der Waals surface area contributed by atoms with Crippen LogP contribution in [0, 0.1) is 0 Å². The molecule has 0 saturated heterocycles. The van der Waals surface area contributed by atoms with E-state index in [0.717, 1.165) is 21.1 Å². The Labute approximate surface area is 112 Å². The Morgan fingerprint density at radius 3 is 2.75 bits per heavy atom. The summed E-state index contributed by atoms with van der Waals surface area (Å²) < 4.78 is 1.79. The maximum absolute atomic E-state index is 11.7. The fourth-order valence-electron chi connectivity index (χ4n) is 1.26. The molecule has 1 aromatic carbocycles. The van der Waals surface area contributed by atoms with Crippen LogP contribution < -0.4 is 11.1 Å². The SMILES string of the molecule is CCC[C@@H](N)C(=O)Nc1ccc(Br)cc1Br. The van der Waals surface area contributed by atoms with Crippen molar-refractivity contribution >= 4 is 43.5 Å². The van der Waals surface area contributed by atoms with Crippen molar-refractivity contribution in [1.29, 1.82) is 0 Å². The molecular formula is C11H14Br2N2O. The van der Waals surface area contributed by atoms with E-state index in [9.17, 15) is 4.79 Å². The summed E-state index contributed by atoms with van der Waals surface area (Å²) in [6.45, 7) is 2.00. The summed E-state index contributed by atoms with van der Waals surface area (Å²) in [5, 5.41) is 2.79. The monoisotopic (exact) mass is 348 g/mol. The summed E-state index contributed by atoms with van der Waals surface area (Å²) in [7, 11) is 0.